The highest BCUT2D eigenvalue weighted by molar-refractivity contribution is 5.44. The quantitative estimate of drug-likeness (QED) is 0.626. The van der Waals surface area contributed by atoms with E-state index in [0.717, 1.165) is 29.9 Å². The first kappa shape index (κ1) is 16.4. The van der Waals surface area contributed by atoms with Crippen LogP contribution in [0, 0.1) is 17.8 Å². The second-order valence-electron chi connectivity index (χ2n) is 6.33. The summed E-state index contributed by atoms with van der Waals surface area (Å²) in [7, 11) is 0. The van der Waals surface area contributed by atoms with Crippen molar-refractivity contribution in [3.05, 3.63) is 70.8 Å². The zero-order valence-corrected chi connectivity index (χ0v) is 14.0. The van der Waals surface area contributed by atoms with E-state index >= 15 is 0 Å². The molecule has 0 spiro atoms. The molecule has 0 aliphatic heterocycles. The molecule has 0 heterocycles. The summed E-state index contributed by atoms with van der Waals surface area (Å²) in [6.45, 7) is 6.75. The average molecular weight is 290 g/mol. The van der Waals surface area contributed by atoms with E-state index in [9.17, 15) is 0 Å². The van der Waals surface area contributed by atoms with Crippen molar-refractivity contribution in [2.75, 3.05) is 0 Å². The fourth-order valence-corrected chi connectivity index (χ4v) is 2.40. The number of hydrogen-bond donors (Lipinski definition) is 0. The molecule has 0 aliphatic rings. The van der Waals surface area contributed by atoms with E-state index in [4.69, 9.17) is 0 Å². The zero-order valence-electron chi connectivity index (χ0n) is 14.0. The summed E-state index contributed by atoms with van der Waals surface area (Å²) in [6.07, 6.45) is 4.74. The molecule has 0 nitrogen and oxygen atoms in total. The van der Waals surface area contributed by atoms with Gasteiger partial charge in [0.2, 0.25) is 0 Å². The summed E-state index contributed by atoms with van der Waals surface area (Å²) >= 11 is 0. The number of aryl methyl sites for hydroxylation is 2. The minimum Gasteiger partial charge on any atom is -0.0651 e. The highest BCUT2D eigenvalue weighted by Gasteiger charge is 1.97. The molecule has 0 fully saturated rings. The Hall–Kier alpha value is -2.00. The summed E-state index contributed by atoms with van der Waals surface area (Å²) in [5.74, 6) is 7.26. The van der Waals surface area contributed by atoms with Crippen LogP contribution in [0.2, 0.25) is 0 Å². The lowest BCUT2D eigenvalue weighted by atomic mass is 10.0. The van der Waals surface area contributed by atoms with Crippen LogP contribution in [-0.2, 0) is 12.8 Å². The Kier molecular flexibility index (Phi) is 6.28. The first-order valence-electron chi connectivity index (χ1n) is 8.37. The summed E-state index contributed by atoms with van der Waals surface area (Å²) in [5, 5.41) is 0. The van der Waals surface area contributed by atoms with E-state index in [1.54, 1.807) is 0 Å². The molecule has 2 aromatic carbocycles. The Morgan fingerprint density at radius 3 is 1.59 bits per heavy atom. The van der Waals surface area contributed by atoms with Crippen molar-refractivity contribution in [3.63, 3.8) is 0 Å². The maximum Gasteiger partial charge on any atom is 0.0249 e. The van der Waals surface area contributed by atoms with Crippen molar-refractivity contribution in [1.82, 2.24) is 0 Å². The highest BCUT2D eigenvalue weighted by Crippen LogP contribution is 2.10. The molecule has 0 saturated heterocycles. The maximum absolute atomic E-state index is 3.25. The van der Waals surface area contributed by atoms with Crippen LogP contribution >= 0.6 is 0 Å². The van der Waals surface area contributed by atoms with Gasteiger partial charge in [-0.05, 0) is 60.6 Å². The van der Waals surface area contributed by atoms with E-state index in [2.05, 4.69) is 81.1 Å². The van der Waals surface area contributed by atoms with Gasteiger partial charge in [0.25, 0.3) is 0 Å². The van der Waals surface area contributed by atoms with Gasteiger partial charge in [-0.25, -0.2) is 0 Å². The molecule has 0 radical (unpaired) electrons. The van der Waals surface area contributed by atoms with Gasteiger partial charge in [0.15, 0.2) is 0 Å². The zero-order chi connectivity index (χ0) is 15.8. The predicted molar refractivity (Wildman–Crippen MR) is 96.0 cm³/mol. The molecule has 0 unspecified atom stereocenters. The lowest BCUT2D eigenvalue weighted by Crippen LogP contribution is -1.91. The SMILES string of the molecule is CCCc1ccc(C#Cc2ccc(CCC(C)C)cc2)cc1. The third kappa shape index (κ3) is 5.41. The minimum absolute atomic E-state index is 0.759. The van der Waals surface area contributed by atoms with Crippen LogP contribution in [0.15, 0.2) is 48.5 Å². The standard InChI is InChI=1S/C22H26/c1-4-5-19-8-10-21(11-9-19)16-17-22-14-12-20(13-15-22)7-6-18(2)3/h8-15,18H,4-7H2,1-3H3. The van der Waals surface area contributed by atoms with Crippen LogP contribution in [0.4, 0.5) is 0 Å². The maximum atomic E-state index is 3.25. The molecular formula is C22H26. The molecule has 2 rings (SSSR count). The first-order chi connectivity index (χ1) is 10.7. The molecule has 0 N–H and O–H groups in total. The van der Waals surface area contributed by atoms with Crippen LogP contribution < -0.4 is 0 Å². The molecule has 0 amide bonds. The monoisotopic (exact) mass is 290 g/mol. The second-order valence-corrected chi connectivity index (χ2v) is 6.33. The number of hydrogen-bond acceptors (Lipinski definition) is 0. The molecule has 0 bridgehead atoms. The van der Waals surface area contributed by atoms with Crippen molar-refractivity contribution >= 4 is 0 Å². The Balaban J connectivity index is 1.98. The van der Waals surface area contributed by atoms with Crippen LogP contribution in [0.1, 0.15) is 55.9 Å². The molecule has 0 atom stereocenters. The Labute approximate surface area is 135 Å². The van der Waals surface area contributed by atoms with E-state index in [1.165, 1.54) is 24.0 Å². The Morgan fingerprint density at radius 2 is 1.18 bits per heavy atom. The predicted octanol–water partition coefficient (Wildman–Crippen LogP) is 5.63. The van der Waals surface area contributed by atoms with Gasteiger partial charge < -0.3 is 0 Å². The van der Waals surface area contributed by atoms with Crippen molar-refractivity contribution in [1.29, 1.82) is 0 Å². The van der Waals surface area contributed by atoms with Gasteiger partial charge in [0, 0.05) is 11.1 Å². The summed E-state index contributed by atoms with van der Waals surface area (Å²) in [5.41, 5.74) is 4.97. The molecular weight excluding hydrogens is 264 g/mol. The fraction of sp³-hybridized carbons (Fsp3) is 0.364. The molecule has 0 aliphatic carbocycles. The van der Waals surface area contributed by atoms with E-state index in [1.807, 2.05) is 0 Å². The van der Waals surface area contributed by atoms with Crippen LogP contribution in [0.5, 0.6) is 0 Å². The van der Waals surface area contributed by atoms with Gasteiger partial charge in [-0.1, -0.05) is 63.3 Å². The molecule has 2 aromatic rings. The van der Waals surface area contributed by atoms with Gasteiger partial charge in [0.05, 0.1) is 0 Å². The summed E-state index contributed by atoms with van der Waals surface area (Å²) in [4.78, 5) is 0. The topological polar surface area (TPSA) is 0 Å². The van der Waals surface area contributed by atoms with Gasteiger partial charge in [-0.3, -0.25) is 0 Å². The Morgan fingerprint density at radius 1 is 0.727 bits per heavy atom. The van der Waals surface area contributed by atoms with Crippen LogP contribution in [0.3, 0.4) is 0 Å². The average Bonchev–Trinajstić information content (AvgIpc) is 2.53. The number of benzene rings is 2. The van der Waals surface area contributed by atoms with Crippen LogP contribution in [0.25, 0.3) is 0 Å². The van der Waals surface area contributed by atoms with Gasteiger partial charge >= 0.3 is 0 Å². The lowest BCUT2D eigenvalue weighted by Gasteiger charge is -2.04. The van der Waals surface area contributed by atoms with Crippen molar-refractivity contribution in [3.8, 4) is 11.8 Å². The van der Waals surface area contributed by atoms with Crippen molar-refractivity contribution in [2.45, 2.75) is 46.5 Å². The number of rotatable bonds is 5. The lowest BCUT2D eigenvalue weighted by molar-refractivity contribution is 0.587. The van der Waals surface area contributed by atoms with Gasteiger partial charge in [-0.15, -0.1) is 0 Å². The third-order valence-corrected chi connectivity index (χ3v) is 3.81. The first-order valence-corrected chi connectivity index (χ1v) is 8.37. The van der Waals surface area contributed by atoms with Crippen LogP contribution in [-0.4, -0.2) is 0 Å². The summed E-state index contributed by atoms with van der Waals surface area (Å²) < 4.78 is 0. The highest BCUT2D eigenvalue weighted by atomic mass is 14.0. The van der Waals surface area contributed by atoms with Gasteiger partial charge in [-0.2, -0.15) is 0 Å². The van der Waals surface area contributed by atoms with Gasteiger partial charge in [0.1, 0.15) is 0 Å². The van der Waals surface area contributed by atoms with E-state index < -0.39 is 0 Å². The molecule has 0 saturated carbocycles. The second kappa shape index (κ2) is 8.44. The largest absolute Gasteiger partial charge is 0.0651 e. The third-order valence-electron chi connectivity index (χ3n) is 3.81. The smallest absolute Gasteiger partial charge is 0.0249 e. The van der Waals surface area contributed by atoms with E-state index in [-0.39, 0.29) is 0 Å². The summed E-state index contributed by atoms with van der Waals surface area (Å²) in [6, 6.07) is 17.3. The normalized spacial score (nSPS) is 10.4. The fourth-order valence-electron chi connectivity index (χ4n) is 2.40. The molecule has 0 heteroatoms. The van der Waals surface area contributed by atoms with Crippen molar-refractivity contribution in [2.24, 2.45) is 5.92 Å². The minimum atomic E-state index is 0.759. The molecule has 0 aromatic heterocycles. The van der Waals surface area contributed by atoms with E-state index in [0.29, 0.717) is 0 Å². The Bertz CT molecular complexity index is 618. The molecule has 114 valence electrons. The van der Waals surface area contributed by atoms with Crippen molar-refractivity contribution < 1.29 is 0 Å². The molecule has 22 heavy (non-hydrogen) atoms.